The highest BCUT2D eigenvalue weighted by Crippen LogP contribution is 2.24. The molecular weight excluding hydrogens is 333 g/mol. The highest BCUT2D eigenvalue weighted by Gasteiger charge is 2.21. The van der Waals surface area contributed by atoms with Crippen molar-refractivity contribution in [2.24, 2.45) is 0 Å². The molecule has 0 saturated heterocycles. The van der Waals surface area contributed by atoms with Crippen LogP contribution in [0.4, 0.5) is 4.39 Å². The van der Waals surface area contributed by atoms with Crippen molar-refractivity contribution in [3.05, 3.63) is 41.5 Å². The Hall–Kier alpha value is -1.93. The number of methoxy groups -OCH3 is 1. The molecule has 0 fully saturated rings. The summed E-state index contributed by atoms with van der Waals surface area (Å²) in [5.74, 6) is -0.516. The van der Waals surface area contributed by atoms with Crippen molar-refractivity contribution in [3.8, 4) is 5.75 Å². The van der Waals surface area contributed by atoms with Crippen LogP contribution in [0.5, 0.6) is 5.75 Å². The Labute approximate surface area is 140 Å². The van der Waals surface area contributed by atoms with Gasteiger partial charge in [0.25, 0.3) is 0 Å². The van der Waals surface area contributed by atoms with E-state index in [9.17, 15) is 12.8 Å². The second-order valence-electron chi connectivity index (χ2n) is 5.74. The molecule has 0 spiro atoms. The minimum Gasteiger partial charge on any atom is -0.495 e. The first-order chi connectivity index (χ1) is 11.5. The molecule has 130 valence electrons. The SMILES string of the molecule is COc1ccc(F)cc1S(=O)(=O)NCCn1ncc2c1CCCC2. The third-order valence-electron chi connectivity index (χ3n) is 4.18. The highest BCUT2D eigenvalue weighted by molar-refractivity contribution is 7.89. The first kappa shape index (κ1) is 16.9. The zero-order chi connectivity index (χ0) is 17.2. The predicted molar refractivity (Wildman–Crippen MR) is 87.0 cm³/mol. The van der Waals surface area contributed by atoms with Crippen LogP contribution in [0.25, 0.3) is 0 Å². The third kappa shape index (κ3) is 3.44. The molecule has 0 unspecified atom stereocenters. The van der Waals surface area contributed by atoms with E-state index in [4.69, 9.17) is 4.74 Å². The number of aryl methyl sites for hydroxylation is 1. The van der Waals surface area contributed by atoms with Gasteiger partial charge >= 0.3 is 0 Å². The monoisotopic (exact) mass is 353 g/mol. The Morgan fingerprint density at radius 3 is 2.92 bits per heavy atom. The van der Waals surface area contributed by atoms with Crippen molar-refractivity contribution >= 4 is 10.0 Å². The van der Waals surface area contributed by atoms with Gasteiger partial charge in [0, 0.05) is 12.2 Å². The Bertz CT molecular complexity index is 833. The quantitative estimate of drug-likeness (QED) is 0.861. The van der Waals surface area contributed by atoms with Gasteiger partial charge in [-0.3, -0.25) is 4.68 Å². The molecule has 6 nitrogen and oxygen atoms in total. The Balaban J connectivity index is 1.70. The first-order valence-electron chi connectivity index (χ1n) is 7.88. The van der Waals surface area contributed by atoms with E-state index < -0.39 is 15.8 Å². The lowest BCUT2D eigenvalue weighted by molar-refractivity contribution is 0.400. The van der Waals surface area contributed by atoms with E-state index >= 15 is 0 Å². The number of hydrogen-bond acceptors (Lipinski definition) is 4. The van der Waals surface area contributed by atoms with E-state index in [1.807, 2.05) is 10.9 Å². The Morgan fingerprint density at radius 1 is 1.33 bits per heavy atom. The van der Waals surface area contributed by atoms with Gasteiger partial charge in [-0.1, -0.05) is 0 Å². The van der Waals surface area contributed by atoms with Crippen LogP contribution in [0, 0.1) is 5.82 Å². The van der Waals surface area contributed by atoms with Crippen LogP contribution in [-0.2, 0) is 29.4 Å². The van der Waals surface area contributed by atoms with Gasteiger partial charge in [0.2, 0.25) is 10.0 Å². The van der Waals surface area contributed by atoms with Crippen molar-refractivity contribution in [1.29, 1.82) is 0 Å². The van der Waals surface area contributed by atoms with Crippen molar-refractivity contribution in [2.75, 3.05) is 13.7 Å². The smallest absolute Gasteiger partial charge is 0.244 e. The summed E-state index contributed by atoms with van der Waals surface area (Å²) < 4.78 is 47.5. The van der Waals surface area contributed by atoms with Gasteiger partial charge < -0.3 is 4.74 Å². The number of aromatic nitrogens is 2. The minimum atomic E-state index is -3.86. The molecule has 0 saturated carbocycles. The zero-order valence-electron chi connectivity index (χ0n) is 13.5. The normalized spacial score (nSPS) is 14.4. The van der Waals surface area contributed by atoms with E-state index in [0.717, 1.165) is 31.4 Å². The number of halogens is 1. The van der Waals surface area contributed by atoms with Gasteiger partial charge in [-0.15, -0.1) is 0 Å². The van der Waals surface area contributed by atoms with Gasteiger partial charge in [0.05, 0.1) is 19.9 Å². The van der Waals surface area contributed by atoms with Crippen molar-refractivity contribution in [2.45, 2.75) is 37.1 Å². The van der Waals surface area contributed by atoms with Gasteiger partial charge in [-0.25, -0.2) is 17.5 Å². The number of hydrogen-bond donors (Lipinski definition) is 1. The van der Waals surface area contributed by atoms with Gasteiger partial charge in [0.15, 0.2) is 0 Å². The van der Waals surface area contributed by atoms with Crippen LogP contribution < -0.4 is 9.46 Å². The maximum absolute atomic E-state index is 13.4. The molecule has 2 aromatic rings. The number of rotatable bonds is 6. The molecule has 0 aliphatic heterocycles. The summed E-state index contributed by atoms with van der Waals surface area (Å²) in [7, 11) is -2.51. The molecule has 3 rings (SSSR count). The largest absolute Gasteiger partial charge is 0.495 e. The maximum Gasteiger partial charge on any atom is 0.244 e. The second kappa shape index (κ2) is 6.90. The molecule has 1 heterocycles. The average Bonchev–Trinajstić information content (AvgIpc) is 2.98. The lowest BCUT2D eigenvalue weighted by atomic mass is 9.98. The number of benzene rings is 1. The van der Waals surface area contributed by atoms with E-state index in [2.05, 4.69) is 9.82 Å². The maximum atomic E-state index is 13.4. The van der Waals surface area contributed by atoms with Crippen molar-refractivity contribution < 1.29 is 17.5 Å². The second-order valence-corrected chi connectivity index (χ2v) is 7.48. The standard InChI is InChI=1S/C16H20FN3O3S/c1-23-15-7-6-13(17)10-16(15)24(21,22)19-8-9-20-14-5-3-2-4-12(14)11-18-20/h6-7,10-11,19H,2-5,8-9H2,1H3. The molecule has 8 heteroatoms. The molecule has 1 aromatic heterocycles. The lowest BCUT2D eigenvalue weighted by Crippen LogP contribution is -2.28. The summed E-state index contributed by atoms with van der Waals surface area (Å²) in [6.45, 7) is 0.613. The molecule has 0 amide bonds. The van der Waals surface area contributed by atoms with Gasteiger partial charge in [-0.05, 0) is 49.4 Å². The van der Waals surface area contributed by atoms with Crippen LogP contribution >= 0.6 is 0 Å². The third-order valence-corrected chi connectivity index (χ3v) is 5.66. The average molecular weight is 353 g/mol. The topological polar surface area (TPSA) is 73.2 Å². The fourth-order valence-corrected chi connectivity index (χ4v) is 4.17. The summed E-state index contributed by atoms with van der Waals surface area (Å²) in [4.78, 5) is -0.201. The van der Waals surface area contributed by atoms with Crippen LogP contribution in [-0.4, -0.2) is 31.9 Å². The van der Waals surface area contributed by atoms with Crippen LogP contribution in [0.1, 0.15) is 24.1 Å². The lowest BCUT2D eigenvalue weighted by Gasteiger charge is -2.14. The number of sulfonamides is 1. The van der Waals surface area contributed by atoms with Crippen molar-refractivity contribution in [1.82, 2.24) is 14.5 Å². The summed E-state index contributed by atoms with van der Waals surface area (Å²) in [6, 6.07) is 3.42. The molecule has 1 N–H and O–H groups in total. The zero-order valence-corrected chi connectivity index (χ0v) is 14.3. The molecule has 0 radical (unpaired) electrons. The number of nitrogens with one attached hydrogen (secondary N) is 1. The van der Waals surface area contributed by atoms with Gasteiger partial charge in [0.1, 0.15) is 16.5 Å². The fraction of sp³-hybridized carbons (Fsp3) is 0.438. The highest BCUT2D eigenvalue weighted by atomic mass is 32.2. The van der Waals surface area contributed by atoms with E-state index in [0.29, 0.717) is 6.54 Å². The first-order valence-corrected chi connectivity index (χ1v) is 9.36. The van der Waals surface area contributed by atoms with E-state index in [1.165, 1.54) is 30.9 Å². The number of fused-ring (bicyclic) bond motifs is 1. The summed E-state index contributed by atoms with van der Waals surface area (Å²) in [6.07, 6.45) is 6.16. The summed E-state index contributed by atoms with van der Waals surface area (Å²) in [5, 5.41) is 4.34. The molecule has 1 aliphatic rings. The molecule has 0 bridgehead atoms. The molecular formula is C16H20FN3O3S. The summed E-state index contributed by atoms with van der Waals surface area (Å²) in [5.41, 5.74) is 2.43. The van der Waals surface area contributed by atoms with Crippen LogP contribution in [0.3, 0.4) is 0 Å². The Kier molecular flexibility index (Phi) is 4.86. The molecule has 1 aromatic carbocycles. The van der Waals surface area contributed by atoms with E-state index in [-0.39, 0.29) is 17.2 Å². The minimum absolute atomic E-state index is 0.111. The Morgan fingerprint density at radius 2 is 2.12 bits per heavy atom. The molecule has 24 heavy (non-hydrogen) atoms. The molecule has 1 aliphatic carbocycles. The van der Waals surface area contributed by atoms with Crippen LogP contribution in [0.15, 0.2) is 29.3 Å². The predicted octanol–water partition coefficient (Wildman–Crippen LogP) is 1.89. The fourth-order valence-electron chi connectivity index (χ4n) is 2.97. The number of ether oxygens (including phenoxy) is 1. The number of nitrogens with zero attached hydrogens (tertiary/aromatic N) is 2. The van der Waals surface area contributed by atoms with Crippen LogP contribution in [0.2, 0.25) is 0 Å². The summed E-state index contributed by atoms with van der Waals surface area (Å²) >= 11 is 0. The van der Waals surface area contributed by atoms with E-state index in [1.54, 1.807) is 0 Å². The van der Waals surface area contributed by atoms with Gasteiger partial charge in [-0.2, -0.15) is 5.10 Å². The molecule has 0 atom stereocenters. The van der Waals surface area contributed by atoms with Crippen molar-refractivity contribution in [3.63, 3.8) is 0 Å².